The third kappa shape index (κ3) is 4.28. The van der Waals surface area contributed by atoms with Gasteiger partial charge in [0, 0.05) is 24.2 Å². The zero-order valence-electron chi connectivity index (χ0n) is 14.4. The van der Waals surface area contributed by atoms with Crippen LogP contribution in [0.25, 0.3) is 0 Å². The van der Waals surface area contributed by atoms with Gasteiger partial charge in [0.15, 0.2) is 0 Å². The van der Waals surface area contributed by atoms with E-state index in [9.17, 15) is 22.0 Å². The predicted molar refractivity (Wildman–Crippen MR) is 97.0 cm³/mol. The number of nitrogens with zero attached hydrogens (tertiary/aromatic N) is 1. The highest BCUT2D eigenvalue weighted by Crippen LogP contribution is 2.32. The van der Waals surface area contributed by atoms with E-state index in [0.717, 1.165) is 25.0 Å². The molecule has 0 atom stereocenters. The van der Waals surface area contributed by atoms with Gasteiger partial charge in [-0.1, -0.05) is 17.7 Å². The molecule has 3 rings (SSSR count). The predicted octanol–water partition coefficient (Wildman–Crippen LogP) is 3.33. The van der Waals surface area contributed by atoms with Crippen molar-refractivity contribution < 1.29 is 22.0 Å². The minimum atomic E-state index is -3.75. The summed E-state index contributed by atoms with van der Waals surface area (Å²) in [5, 5.41) is 0.0975. The van der Waals surface area contributed by atoms with E-state index < -0.39 is 27.6 Å². The molecule has 0 unspecified atom stereocenters. The van der Waals surface area contributed by atoms with Gasteiger partial charge in [-0.25, -0.2) is 21.9 Å². The molecule has 5 nitrogen and oxygen atoms in total. The molecule has 0 heterocycles. The Balaban J connectivity index is 1.95. The number of halogens is 3. The summed E-state index contributed by atoms with van der Waals surface area (Å²) in [6.45, 7) is -0.0606. The molecule has 1 aliphatic carbocycles. The molecule has 27 heavy (non-hydrogen) atoms. The maximum Gasteiger partial charge on any atom is 0.255 e. The van der Waals surface area contributed by atoms with Crippen molar-refractivity contribution in [1.29, 1.82) is 0 Å². The lowest BCUT2D eigenvalue weighted by Crippen LogP contribution is -2.33. The first-order valence-electron chi connectivity index (χ1n) is 8.21. The molecule has 1 saturated carbocycles. The lowest BCUT2D eigenvalue weighted by molar-refractivity contribution is 0.0728. The molecule has 144 valence electrons. The van der Waals surface area contributed by atoms with Gasteiger partial charge in [-0.2, -0.15) is 0 Å². The number of sulfonamides is 1. The van der Waals surface area contributed by atoms with E-state index in [1.807, 2.05) is 0 Å². The molecule has 1 aliphatic rings. The van der Waals surface area contributed by atoms with Gasteiger partial charge in [0.05, 0.1) is 15.5 Å². The molecule has 0 aromatic heterocycles. The van der Waals surface area contributed by atoms with E-state index >= 15 is 0 Å². The summed E-state index contributed by atoms with van der Waals surface area (Å²) in [5.74, 6) is -1.95. The van der Waals surface area contributed by atoms with Crippen LogP contribution in [0.15, 0.2) is 41.3 Å². The summed E-state index contributed by atoms with van der Waals surface area (Å²) in [5.41, 5.74) is 0.189. The van der Waals surface area contributed by atoms with Gasteiger partial charge in [0.25, 0.3) is 5.91 Å². The summed E-state index contributed by atoms with van der Waals surface area (Å²) in [6, 6.07) is 6.92. The van der Waals surface area contributed by atoms with E-state index in [0.29, 0.717) is 0 Å². The highest BCUT2D eigenvalue weighted by molar-refractivity contribution is 7.89. The van der Waals surface area contributed by atoms with E-state index in [-0.39, 0.29) is 33.6 Å². The van der Waals surface area contributed by atoms with Crippen LogP contribution in [0.3, 0.4) is 0 Å². The molecule has 2 aromatic rings. The zero-order chi connectivity index (χ0) is 19.8. The maximum absolute atomic E-state index is 14.0. The van der Waals surface area contributed by atoms with Crippen LogP contribution < -0.4 is 4.72 Å². The van der Waals surface area contributed by atoms with Crippen LogP contribution in [0, 0.1) is 11.6 Å². The number of hydrogen-bond acceptors (Lipinski definition) is 3. The second-order valence-corrected chi connectivity index (χ2v) is 8.54. The number of nitrogens with one attached hydrogen (secondary N) is 1. The zero-order valence-corrected chi connectivity index (χ0v) is 15.9. The number of carbonyl (C=O) groups is 1. The van der Waals surface area contributed by atoms with Crippen LogP contribution in [0.1, 0.15) is 28.8 Å². The summed E-state index contributed by atoms with van der Waals surface area (Å²) in [6.07, 6.45) is 1.50. The molecule has 0 aliphatic heterocycles. The summed E-state index contributed by atoms with van der Waals surface area (Å²) in [7, 11) is -2.49. The number of benzene rings is 2. The summed E-state index contributed by atoms with van der Waals surface area (Å²) < 4.78 is 53.3. The molecule has 1 N–H and O–H groups in total. The second kappa shape index (κ2) is 7.53. The van der Waals surface area contributed by atoms with E-state index in [2.05, 4.69) is 4.72 Å². The minimum Gasteiger partial charge on any atom is -0.331 e. The Morgan fingerprint density at radius 1 is 1.22 bits per heavy atom. The monoisotopic (exact) mass is 414 g/mol. The molecule has 2 aromatic carbocycles. The van der Waals surface area contributed by atoms with Crippen molar-refractivity contribution in [3.8, 4) is 0 Å². The maximum atomic E-state index is 14.0. The third-order valence-electron chi connectivity index (χ3n) is 4.35. The van der Waals surface area contributed by atoms with E-state index in [1.165, 1.54) is 36.2 Å². The lowest BCUT2D eigenvalue weighted by Gasteiger charge is -2.23. The van der Waals surface area contributed by atoms with Crippen molar-refractivity contribution in [2.24, 2.45) is 0 Å². The Bertz CT molecular complexity index is 994. The molecule has 0 radical (unpaired) electrons. The molecule has 1 fully saturated rings. The first kappa shape index (κ1) is 19.7. The molecule has 0 spiro atoms. The Hall–Kier alpha value is -2.03. The second-order valence-electron chi connectivity index (χ2n) is 6.25. The topological polar surface area (TPSA) is 66.5 Å². The van der Waals surface area contributed by atoms with Crippen molar-refractivity contribution in [2.75, 3.05) is 7.05 Å². The number of hydrogen-bond donors (Lipinski definition) is 1. The fraction of sp³-hybridized carbons (Fsp3) is 0.278. The first-order valence-corrected chi connectivity index (χ1v) is 10.1. The molecular formula is C18H17ClF2N2O3S. The number of rotatable bonds is 6. The van der Waals surface area contributed by atoms with Crippen LogP contribution in [0.5, 0.6) is 0 Å². The van der Waals surface area contributed by atoms with Gasteiger partial charge in [-0.05, 0) is 44.2 Å². The Labute approximate surface area is 161 Å². The molecule has 9 heteroatoms. The molecule has 0 saturated heterocycles. The summed E-state index contributed by atoms with van der Waals surface area (Å²) in [4.78, 5) is 14.4. The molecule has 0 bridgehead atoms. The first-order chi connectivity index (χ1) is 12.7. The quantitative estimate of drug-likeness (QED) is 0.788. The Morgan fingerprint density at radius 3 is 2.52 bits per heavy atom. The van der Waals surface area contributed by atoms with Crippen LogP contribution >= 0.6 is 11.6 Å². The Kier molecular flexibility index (Phi) is 5.50. The minimum absolute atomic E-state index is 0.0161. The standard InChI is InChI=1S/C18H17ClF2N2O3S/c1-22-27(25,26)14-6-7-16(19)15(9-14)18(24)23(13-4-5-13)10-11-2-3-12(20)8-17(11)21/h2-3,6-9,13,22H,4-5,10H2,1H3. The fourth-order valence-electron chi connectivity index (χ4n) is 2.69. The van der Waals surface area contributed by atoms with Gasteiger partial charge >= 0.3 is 0 Å². The molecule has 1 amide bonds. The lowest BCUT2D eigenvalue weighted by atomic mass is 10.1. The Morgan fingerprint density at radius 2 is 1.93 bits per heavy atom. The third-order valence-corrected chi connectivity index (χ3v) is 6.09. The van der Waals surface area contributed by atoms with Crippen LogP contribution in [0.2, 0.25) is 5.02 Å². The van der Waals surface area contributed by atoms with Crippen molar-refractivity contribution in [2.45, 2.75) is 30.3 Å². The normalized spacial score (nSPS) is 14.2. The van der Waals surface area contributed by atoms with Crippen LogP contribution in [-0.4, -0.2) is 32.3 Å². The highest BCUT2D eigenvalue weighted by atomic mass is 35.5. The average Bonchev–Trinajstić information content (AvgIpc) is 3.45. The SMILES string of the molecule is CNS(=O)(=O)c1ccc(Cl)c(C(=O)N(Cc2ccc(F)cc2F)C2CC2)c1. The summed E-state index contributed by atoms with van der Waals surface area (Å²) >= 11 is 6.12. The van der Waals surface area contributed by atoms with Gasteiger partial charge in [-0.3, -0.25) is 4.79 Å². The largest absolute Gasteiger partial charge is 0.331 e. The highest BCUT2D eigenvalue weighted by Gasteiger charge is 2.34. The van der Waals surface area contributed by atoms with E-state index in [4.69, 9.17) is 11.6 Å². The van der Waals surface area contributed by atoms with Crippen molar-refractivity contribution >= 4 is 27.5 Å². The van der Waals surface area contributed by atoms with Gasteiger partial charge in [-0.15, -0.1) is 0 Å². The fourth-order valence-corrected chi connectivity index (χ4v) is 3.65. The number of amides is 1. The van der Waals surface area contributed by atoms with Crippen LogP contribution in [-0.2, 0) is 16.6 Å². The van der Waals surface area contributed by atoms with Crippen molar-refractivity contribution in [1.82, 2.24) is 9.62 Å². The molecular weight excluding hydrogens is 398 g/mol. The van der Waals surface area contributed by atoms with Gasteiger partial charge in [0.1, 0.15) is 11.6 Å². The smallest absolute Gasteiger partial charge is 0.255 e. The van der Waals surface area contributed by atoms with Gasteiger partial charge in [0.2, 0.25) is 10.0 Å². The average molecular weight is 415 g/mol. The van der Waals surface area contributed by atoms with Crippen LogP contribution in [0.4, 0.5) is 8.78 Å². The number of carbonyl (C=O) groups excluding carboxylic acids is 1. The van der Waals surface area contributed by atoms with Crippen molar-refractivity contribution in [3.63, 3.8) is 0 Å². The van der Waals surface area contributed by atoms with E-state index in [1.54, 1.807) is 0 Å². The van der Waals surface area contributed by atoms with Crippen molar-refractivity contribution in [3.05, 3.63) is 64.2 Å². The van der Waals surface area contributed by atoms with Gasteiger partial charge < -0.3 is 4.90 Å².